The molecule has 0 bridgehead atoms. The molecule has 4 amide bonds. The maximum atomic E-state index is 13.2. The molecule has 0 saturated carbocycles. The number of nitriles is 1. The van der Waals surface area contributed by atoms with Crippen LogP contribution in [0, 0.1) is 25.2 Å². The lowest BCUT2D eigenvalue weighted by Gasteiger charge is -2.42. The Kier molecular flexibility index (Phi) is 6.10. The normalized spacial score (nSPS) is 16.7. The zero-order chi connectivity index (χ0) is 25.4. The lowest BCUT2D eigenvalue weighted by Crippen LogP contribution is -2.54. The van der Waals surface area contributed by atoms with Crippen molar-refractivity contribution in [3.63, 3.8) is 0 Å². The number of piperidine rings is 1. The minimum absolute atomic E-state index is 0.0576. The number of hydrogen-bond acceptors (Lipinski definition) is 6. The van der Waals surface area contributed by atoms with Crippen molar-refractivity contribution in [3.05, 3.63) is 53.3 Å². The molecule has 10 heteroatoms. The summed E-state index contributed by atoms with van der Waals surface area (Å²) in [7, 11) is 1.82. The van der Waals surface area contributed by atoms with E-state index in [2.05, 4.69) is 21.7 Å². The Morgan fingerprint density at radius 3 is 2.50 bits per heavy atom. The van der Waals surface area contributed by atoms with Crippen LogP contribution in [-0.4, -0.2) is 64.1 Å². The summed E-state index contributed by atoms with van der Waals surface area (Å²) < 4.78 is 0. The van der Waals surface area contributed by atoms with Crippen molar-refractivity contribution in [1.29, 1.82) is 5.26 Å². The summed E-state index contributed by atoms with van der Waals surface area (Å²) in [5.74, 6) is 0. The number of nitrogens with one attached hydrogen (secondary N) is 2. The van der Waals surface area contributed by atoms with Crippen LogP contribution in [0.4, 0.5) is 14.7 Å². The van der Waals surface area contributed by atoms with Crippen LogP contribution in [0.15, 0.2) is 36.4 Å². The number of anilines is 1. The predicted molar refractivity (Wildman–Crippen MR) is 139 cm³/mol. The fourth-order valence-electron chi connectivity index (χ4n) is 4.97. The molecule has 0 radical (unpaired) electrons. The second kappa shape index (κ2) is 9.24. The first kappa shape index (κ1) is 23.8. The third-order valence-corrected chi connectivity index (χ3v) is 8.04. The second-order valence-corrected chi connectivity index (χ2v) is 10.4. The minimum atomic E-state index is -0.224. The van der Waals surface area contributed by atoms with E-state index in [1.807, 2.05) is 51.2 Å². The molecule has 184 valence electrons. The minimum Gasteiger partial charge on any atom is -0.336 e. The van der Waals surface area contributed by atoms with Crippen molar-refractivity contribution >= 4 is 28.5 Å². The van der Waals surface area contributed by atoms with Gasteiger partial charge >= 0.3 is 12.1 Å². The molecule has 3 aromatic rings. The number of rotatable bonds is 3. The van der Waals surface area contributed by atoms with Crippen LogP contribution in [0.1, 0.15) is 29.8 Å². The summed E-state index contributed by atoms with van der Waals surface area (Å²) in [5, 5.41) is 15.8. The van der Waals surface area contributed by atoms with Crippen molar-refractivity contribution in [2.45, 2.75) is 32.2 Å². The van der Waals surface area contributed by atoms with E-state index in [9.17, 15) is 14.9 Å². The third kappa shape index (κ3) is 4.38. The molecule has 1 aromatic carbocycles. The Bertz CT molecular complexity index is 1360. The van der Waals surface area contributed by atoms with Gasteiger partial charge in [0.15, 0.2) is 5.13 Å². The Hall–Kier alpha value is -3.97. The van der Waals surface area contributed by atoms with Gasteiger partial charge in [-0.15, -0.1) is 0 Å². The van der Waals surface area contributed by atoms with Crippen molar-refractivity contribution in [2.24, 2.45) is 0 Å². The number of thiazole rings is 1. The lowest BCUT2D eigenvalue weighted by atomic mass is 9.87. The fourth-order valence-corrected chi connectivity index (χ4v) is 5.93. The molecule has 4 heterocycles. The molecular formula is C26H27N7O2S. The van der Waals surface area contributed by atoms with Crippen molar-refractivity contribution < 1.29 is 9.59 Å². The van der Waals surface area contributed by atoms with E-state index < -0.39 is 0 Å². The summed E-state index contributed by atoms with van der Waals surface area (Å²) in [4.78, 5) is 38.8. The molecule has 2 N–H and O–H groups in total. The van der Waals surface area contributed by atoms with Crippen molar-refractivity contribution in [3.8, 4) is 27.8 Å². The first-order valence-corrected chi connectivity index (χ1v) is 12.6. The van der Waals surface area contributed by atoms with E-state index in [-0.39, 0.29) is 17.6 Å². The number of benzene rings is 1. The third-order valence-electron chi connectivity index (χ3n) is 7.02. The number of pyridine rings is 1. The molecule has 36 heavy (non-hydrogen) atoms. The highest BCUT2D eigenvalue weighted by molar-refractivity contribution is 7.19. The second-order valence-electron chi connectivity index (χ2n) is 9.39. The number of carbonyl (C=O) groups is 2. The fraction of sp³-hybridized carbons (Fsp3) is 0.346. The molecule has 2 aliphatic heterocycles. The standard InChI is InChI=1S/C26H27N7O2S/c1-16-11-20(12-17(2)29-16)22-21(19-6-4-5-18(13-19)14-27)30-23(36-22)31-25(35)33-9-7-26(8-10-33)15-28-24(34)32(26)3/h4-6,11-13H,7-10,15H2,1-3H3,(H,28,34)(H,30,31,35). The van der Waals surface area contributed by atoms with Gasteiger partial charge in [0.05, 0.1) is 27.7 Å². The highest BCUT2D eigenvalue weighted by Gasteiger charge is 2.45. The van der Waals surface area contributed by atoms with Crippen LogP contribution in [0.5, 0.6) is 0 Å². The molecule has 2 aliphatic rings. The van der Waals surface area contributed by atoms with Gasteiger partial charge in [-0.3, -0.25) is 10.3 Å². The quantitative estimate of drug-likeness (QED) is 0.553. The van der Waals surface area contributed by atoms with Gasteiger partial charge in [0.2, 0.25) is 0 Å². The number of aromatic nitrogens is 2. The maximum absolute atomic E-state index is 13.2. The molecule has 2 aromatic heterocycles. The Morgan fingerprint density at radius 1 is 1.14 bits per heavy atom. The Morgan fingerprint density at radius 2 is 1.86 bits per heavy atom. The van der Waals surface area contributed by atoms with Gasteiger partial charge in [0, 0.05) is 43.6 Å². The van der Waals surface area contributed by atoms with E-state index in [4.69, 9.17) is 4.98 Å². The summed E-state index contributed by atoms with van der Waals surface area (Å²) >= 11 is 1.41. The zero-order valence-electron chi connectivity index (χ0n) is 20.5. The van der Waals surface area contributed by atoms with E-state index in [1.54, 1.807) is 15.9 Å². The number of likely N-dealkylation sites (tertiary alicyclic amines) is 1. The molecule has 0 unspecified atom stereocenters. The average molecular weight is 502 g/mol. The van der Waals surface area contributed by atoms with Gasteiger partial charge in [0.25, 0.3) is 0 Å². The smallest absolute Gasteiger partial charge is 0.323 e. The van der Waals surface area contributed by atoms with Gasteiger partial charge in [-0.1, -0.05) is 23.5 Å². The van der Waals surface area contributed by atoms with Crippen LogP contribution in [0.3, 0.4) is 0 Å². The number of amides is 4. The van der Waals surface area contributed by atoms with E-state index in [0.29, 0.717) is 36.0 Å². The van der Waals surface area contributed by atoms with Crippen LogP contribution < -0.4 is 10.6 Å². The summed E-state index contributed by atoms with van der Waals surface area (Å²) in [6.45, 7) is 5.63. The number of likely N-dealkylation sites (N-methyl/N-ethyl adjacent to an activating group) is 1. The van der Waals surface area contributed by atoms with Crippen molar-refractivity contribution in [2.75, 3.05) is 32.0 Å². The first-order chi connectivity index (χ1) is 17.3. The van der Waals surface area contributed by atoms with Crippen LogP contribution in [0.25, 0.3) is 21.7 Å². The van der Waals surface area contributed by atoms with Crippen LogP contribution >= 0.6 is 11.3 Å². The first-order valence-electron chi connectivity index (χ1n) is 11.8. The number of carbonyl (C=O) groups excluding carboxylic acids is 2. The highest BCUT2D eigenvalue weighted by Crippen LogP contribution is 2.40. The molecule has 0 aliphatic carbocycles. The monoisotopic (exact) mass is 501 g/mol. The predicted octanol–water partition coefficient (Wildman–Crippen LogP) is 4.38. The van der Waals surface area contributed by atoms with Gasteiger partial charge in [-0.05, 0) is 56.5 Å². The summed E-state index contributed by atoms with van der Waals surface area (Å²) in [5.41, 5.74) is 4.61. The lowest BCUT2D eigenvalue weighted by molar-refractivity contribution is 0.106. The molecule has 0 atom stereocenters. The van der Waals surface area contributed by atoms with E-state index in [1.165, 1.54) is 11.3 Å². The van der Waals surface area contributed by atoms with Crippen LogP contribution in [0.2, 0.25) is 0 Å². The van der Waals surface area contributed by atoms with Crippen molar-refractivity contribution in [1.82, 2.24) is 25.1 Å². The molecule has 2 saturated heterocycles. The molecule has 2 fully saturated rings. The SMILES string of the molecule is Cc1cc(-c2sc(NC(=O)N3CCC4(CC3)CNC(=O)N4C)nc2-c2cccc(C#N)c2)cc(C)n1. The van der Waals surface area contributed by atoms with Crippen LogP contribution in [-0.2, 0) is 0 Å². The highest BCUT2D eigenvalue weighted by atomic mass is 32.1. The summed E-state index contributed by atoms with van der Waals surface area (Å²) in [6.07, 6.45) is 1.45. The average Bonchev–Trinajstić information content (AvgIpc) is 3.41. The number of aryl methyl sites for hydroxylation is 2. The topological polar surface area (TPSA) is 114 Å². The number of nitrogens with zero attached hydrogens (tertiary/aromatic N) is 5. The maximum Gasteiger partial charge on any atom is 0.323 e. The Labute approximate surface area is 213 Å². The van der Waals surface area contributed by atoms with E-state index >= 15 is 0 Å². The van der Waals surface area contributed by atoms with Gasteiger partial charge < -0.3 is 15.1 Å². The van der Waals surface area contributed by atoms with Gasteiger partial charge in [0.1, 0.15) is 0 Å². The number of urea groups is 2. The largest absolute Gasteiger partial charge is 0.336 e. The van der Waals surface area contributed by atoms with Gasteiger partial charge in [-0.2, -0.15) is 5.26 Å². The zero-order valence-corrected chi connectivity index (χ0v) is 21.3. The van der Waals surface area contributed by atoms with Gasteiger partial charge in [-0.25, -0.2) is 14.6 Å². The number of hydrogen-bond donors (Lipinski definition) is 2. The molecular weight excluding hydrogens is 474 g/mol. The molecule has 1 spiro atoms. The Balaban J connectivity index is 1.41. The molecule has 9 nitrogen and oxygen atoms in total. The molecule has 5 rings (SSSR count). The summed E-state index contributed by atoms with van der Waals surface area (Å²) in [6, 6.07) is 13.2. The van der Waals surface area contributed by atoms with E-state index in [0.717, 1.165) is 40.2 Å².